The van der Waals surface area contributed by atoms with E-state index in [9.17, 15) is 17.6 Å². The molecule has 1 N–H and O–H groups in total. The summed E-state index contributed by atoms with van der Waals surface area (Å²) in [6.45, 7) is 7.64. The molecule has 2 rings (SSSR count). The van der Waals surface area contributed by atoms with Gasteiger partial charge in [0.25, 0.3) is 0 Å². The lowest BCUT2D eigenvalue weighted by Crippen LogP contribution is -2.52. The van der Waals surface area contributed by atoms with Crippen molar-refractivity contribution < 1.29 is 17.6 Å². The van der Waals surface area contributed by atoms with Crippen molar-refractivity contribution in [2.45, 2.75) is 31.7 Å². The van der Waals surface area contributed by atoms with Gasteiger partial charge in [0.1, 0.15) is 10.7 Å². The molecule has 0 aliphatic carbocycles. The molecule has 0 saturated carbocycles. The van der Waals surface area contributed by atoms with Gasteiger partial charge in [0.15, 0.2) is 0 Å². The van der Waals surface area contributed by atoms with E-state index in [1.807, 2.05) is 25.7 Å². The van der Waals surface area contributed by atoms with Crippen LogP contribution in [-0.4, -0.2) is 62.3 Å². The van der Waals surface area contributed by atoms with Crippen LogP contribution in [0.5, 0.6) is 0 Å². The van der Waals surface area contributed by atoms with Gasteiger partial charge in [0, 0.05) is 32.2 Å². The fourth-order valence-corrected chi connectivity index (χ4v) is 4.08. The van der Waals surface area contributed by atoms with E-state index in [1.165, 1.54) is 22.5 Å². The highest BCUT2D eigenvalue weighted by Gasteiger charge is 2.30. The van der Waals surface area contributed by atoms with E-state index in [-0.39, 0.29) is 36.5 Å². The fraction of sp³-hybridized carbons (Fsp3) is 0.588. The molecule has 1 saturated heterocycles. The SMILES string of the molecule is CC(C)[C@H](C)NC(=O)CN1CCN(S(=O)(=O)c2ccccc2F)CC1. The Bertz CT molecular complexity index is 701. The standard InChI is InChI=1S/C17H26FN3O3S/c1-13(2)14(3)19-17(22)12-20-8-10-21(11-9-20)25(23,24)16-7-5-4-6-15(16)18/h4-7,13-14H,8-12H2,1-3H3,(H,19,22)/t14-/m0/s1. The lowest BCUT2D eigenvalue weighted by atomic mass is 10.1. The summed E-state index contributed by atoms with van der Waals surface area (Å²) in [5, 5.41) is 2.94. The number of carbonyl (C=O) groups is 1. The summed E-state index contributed by atoms with van der Waals surface area (Å²) in [5.74, 6) is -0.453. The molecule has 0 radical (unpaired) electrons. The van der Waals surface area contributed by atoms with Crippen molar-refractivity contribution in [3.05, 3.63) is 30.1 Å². The zero-order valence-electron chi connectivity index (χ0n) is 14.9. The zero-order valence-corrected chi connectivity index (χ0v) is 15.7. The average Bonchev–Trinajstić information content (AvgIpc) is 2.55. The predicted molar refractivity (Wildman–Crippen MR) is 94.0 cm³/mol. The van der Waals surface area contributed by atoms with E-state index in [0.29, 0.717) is 19.0 Å². The Morgan fingerprint density at radius 3 is 2.32 bits per heavy atom. The average molecular weight is 371 g/mol. The second-order valence-electron chi connectivity index (χ2n) is 6.71. The highest BCUT2D eigenvalue weighted by molar-refractivity contribution is 7.89. The van der Waals surface area contributed by atoms with Crippen molar-refractivity contribution in [2.24, 2.45) is 5.92 Å². The molecule has 0 spiro atoms. The maximum Gasteiger partial charge on any atom is 0.246 e. The third-order valence-corrected chi connectivity index (χ3v) is 6.47. The molecule has 1 aromatic carbocycles. The highest BCUT2D eigenvalue weighted by atomic mass is 32.2. The van der Waals surface area contributed by atoms with Gasteiger partial charge >= 0.3 is 0 Å². The molecular weight excluding hydrogens is 345 g/mol. The van der Waals surface area contributed by atoms with Gasteiger partial charge in [-0.2, -0.15) is 4.31 Å². The van der Waals surface area contributed by atoms with Crippen LogP contribution in [-0.2, 0) is 14.8 Å². The summed E-state index contributed by atoms with van der Waals surface area (Å²) >= 11 is 0. The van der Waals surface area contributed by atoms with Crippen LogP contribution in [0.1, 0.15) is 20.8 Å². The number of piperazine rings is 1. The number of nitrogens with one attached hydrogen (secondary N) is 1. The van der Waals surface area contributed by atoms with Crippen molar-refractivity contribution in [1.29, 1.82) is 0 Å². The van der Waals surface area contributed by atoms with E-state index in [1.54, 1.807) is 0 Å². The Morgan fingerprint density at radius 1 is 1.16 bits per heavy atom. The van der Waals surface area contributed by atoms with Crippen LogP contribution in [0.3, 0.4) is 0 Å². The summed E-state index contributed by atoms with van der Waals surface area (Å²) in [6, 6.07) is 5.48. The number of nitrogens with zero attached hydrogens (tertiary/aromatic N) is 2. The summed E-state index contributed by atoms with van der Waals surface area (Å²) < 4.78 is 40.2. The van der Waals surface area contributed by atoms with E-state index in [4.69, 9.17) is 0 Å². The lowest BCUT2D eigenvalue weighted by Gasteiger charge is -2.33. The Hall–Kier alpha value is -1.51. The van der Waals surface area contributed by atoms with Gasteiger partial charge in [-0.05, 0) is 25.0 Å². The van der Waals surface area contributed by atoms with Gasteiger partial charge in [0.2, 0.25) is 15.9 Å². The molecule has 140 valence electrons. The molecule has 1 heterocycles. The second kappa shape index (κ2) is 8.25. The Morgan fingerprint density at radius 2 is 1.76 bits per heavy atom. The van der Waals surface area contributed by atoms with Crippen LogP contribution >= 0.6 is 0 Å². The number of carbonyl (C=O) groups excluding carboxylic acids is 1. The van der Waals surface area contributed by atoms with E-state index in [2.05, 4.69) is 5.32 Å². The maximum absolute atomic E-state index is 13.8. The minimum atomic E-state index is -3.84. The van der Waals surface area contributed by atoms with Gasteiger partial charge in [0.05, 0.1) is 6.54 Å². The first-order valence-electron chi connectivity index (χ1n) is 8.48. The summed E-state index contributed by atoms with van der Waals surface area (Å²) in [7, 11) is -3.84. The van der Waals surface area contributed by atoms with Crippen molar-refractivity contribution >= 4 is 15.9 Å². The zero-order chi connectivity index (χ0) is 18.6. The Balaban J connectivity index is 1.91. The molecule has 1 amide bonds. The van der Waals surface area contributed by atoms with E-state index >= 15 is 0 Å². The molecule has 0 unspecified atom stereocenters. The Kier molecular flexibility index (Phi) is 6.53. The number of benzene rings is 1. The van der Waals surface area contributed by atoms with Gasteiger partial charge in [-0.3, -0.25) is 9.69 Å². The maximum atomic E-state index is 13.8. The molecule has 1 aromatic rings. The highest BCUT2D eigenvalue weighted by Crippen LogP contribution is 2.20. The quantitative estimate of drug-likeness (QED) is 0.818. The first-order chi connectivity index (χ1) is 11.7. The van der Waals surface area contributed by atoms with Gasteiger partial charge in [-0.25, -0.2) is 12.8 Å². The fourth-order valence-electron chi connectivity index (χ4n) is 2.59. The molecule has 6 nitrogen and oxygen atoms in total. The molecule has 8 heteroatoms. The van der Waals surface area contributed by atoms with Gasteiger partial charge in [-0.1, -0.05) is 26.0 Å². The molecular formula is C17H26FN3O3S. The second-order valence-corrected chi connectivity index (χ2v) is 8.62. The number of hydrogen-bond acceptors (Lipinski definition) is 4. The van der Waals surface area contributed by atoms with Gasteiger partial charge < -0.3 is 5.32 Å². The molecule has 0 bridgehead atoms. The first-order valence-corrected chi connectivity index (χ1v) is 9.92. The van der Waals surface area contributed by atoms with Crippen LogP contribution in [0.4, 0.5) is 4.39 Å². The number of amides is 1. The third kappa shape index (κ3) is 4.99. The minimum absolute atomic E-state index is 0.0633. The number of sulfonamides is 1. The van der Waals surface area contributed by atoms with Crippen LogP contribution < -0.4 is 5.32 Å². The van der Waals surface area contributed by atoms with Crippen LogP contribution in [0, 0.1) is 11.7 Å². The molecule has 1 aliphatic rings. The topological polar surface area (TPSA) is 69.7 Å². The normalized spacial score (nSPS) is 18.3. The largest absolute Gasteiger partial charge is 0.352 e. The lowest BCUT2D eigenvalue weighted by molar-refractivity contribution is -0.123. The number of rotatable bonds is 6. The summed E-state index contributed by atoms with van der Waals surface area (Å²) in [6.07, 6.45) is 0. The Labute approximate surface area is 149 Å². The summed E-state index contributed by atoms with van der Waals surface area (Å²) in [4.78, 5) is 13.6. The van der Waals surface area contributed by atoms with Crippen LogP contribution in [0.25, 0.3) is 0 Å². The minimum Gasteiger partial charge on any atom is -0.352 e. The molecule has 1 aliphatic heterocycles. The van der Waals surface area contributed by atoms with Crippen LogP contribution in [0.15, 0.2) is 29.2 Å². The molecule has 1 atom stereocenters. The van der Waals surface area contributed by atoms with Crippen molar-refractivity contribution in [2.75, 3.05) is 32.7 Å². The molecule has 1 fully saturated rings. The van der Waals surface area contributed by atoms with Crippen LogP contribution in [0.2, 0.25) is 0 Å². The monoisotopic (exact) mass is 371 g/mol. The van der Waals surface area contributed by atoms with E-state index in [0.717, 1.165) is 6.07 Å². The predicted octanol–water partition coefficient (Wildman–Crippen LogP) is 1.29. The van der Waals surface area contributed by atoms with E-state index < -0.39 is 15.8 Å². The molecule has 25 heavy (non-hydrogen) atoms. The van der Waals surface area contributed by atoms with Gasteiger partial charge in [-0.15, -0.1) is 0 Å². The smallest absolute Gasteiger partial charge is 0.246 e. The first kappa shape index (κ1) is 19.8. The third-order valence-electron chi connectivity index (χ3n) is 4.54. The van der Waals surface area contributed by atoms with Crippen molar-refractivity contribution in [1.82, 2.24) is 14.5 Å². The number of hydrogen-bond donors (Lipinski definition) is 1. The summed E-state index contributed by atoms with van der Waals surface area (Å²) in [5.41, 5.74) is 0. The van der Waals surface area contributed by atoms with Crippen molar-refractivity contribution in [3.63, 3.8) is 0 Å². The number of halogens is 1. The molecule has 0 aromatic heterocycles. The van der Waals surface area contributed by atoms with Crippen molar-refractivity contribution in [3.8, 4) is 0 Å².